The Morgan fingerprint density at radius 1 is 1.53 bits per heavy atom. The van der Waals surface area contributed by atoms with Crippen molar-refractivity contribution >= 4 is 5.78 Å². The Kier molecular flexibility index (Phi) is 2.81. The van der Waals surface area contributed by atoms with E-state index in [0.29, 0.717) is 18.8 Å². The fourth-order valence-electron chi connectivity index (χ4n) is 3.47. The Hall–Kier alpha value is -0.890. The summed E-state index contributed by atoms with van der Waals surface area (Å²) in [4.78, 5) is 11.7. The van der Waals surface area contributed by atoms with Gasteiger partial charge < -0.3 is 5.11 Å². The summed E-state index contributed by atoms with van der Waals surface area (Å²) in [6.07, 6.45) is 4.74. The van der Waals surface area contributed by atoms with Crippen molar-refractivity contribution in [1.29, 1.82) is 0 Å². The third kappa shape index (κ3) is 1.99. The smallest absolute Gasteiger partial charge is 0.156 e. The van der Waals surface area contributed by atoms with Gasteiger partial charge in [0.1, 0.15) is 0 Å². The molecular formula is C15H22O2. The molecule has 0 radical (unpaired) electrons. The monoisotopic (exact) mass is 234 g/mol. The first-order valence-corrected chi connectivity index (χ1v) is 6.36. The van der Waals surface area contributed by atoms with Crippen molar-refractivity contribution in [2.24, 2.45) is 11.3 Å². The molecule has 0 amide bonds. The highest BCUT2D eigenvalue weighted by Gasteiger charge is 2.49. The Bertz CT molecular complexity index is 407. The molecule has 2 nitrogen and oxygen atoms in total. The summed E-state index contributed by atoms with van der Waals surface area (Å²) in [6, 6.07) is 0. The van der Waals surface area contributed by atoms with Gasteiger partial charge in [-0.15, -0.1) is 0 Å². The van der Waals surface area contributed by atoms with Crippen LogP contribution >= 0.6 is 0 Å². The van der Waals surface area contributed by atoms with Gasteiger partial charge in [0, 0.05) is 6.42 Å². The molecule has 0 aliphatic heterocycles. The number of ketones is 1. The van der Waals surface area contributed by atoms with Crippen molar-refractivity contribution in [3.8, 4) is 0 Å². The second-order valence-electron chi connectivity index (χ2n) is 6.25. The van der Waals surface area contributed by atoms with Crippen molar-refractivity contribution in [3.05, 3.63) is 23.8 Å². The van der Waals surface area contributed by atoms with Gasteiger partial charge in [-0.2, -0.15) is 0 Å². The van der Waals surface area contributed by atoms with E-state index >= 15 is 0 Å². The van der Waals surface area contributed by atoms with Gasteiger partial charge in [-0.1, -0.05) is 19.1 Å². The number of rotatable bonds is 1. The van der Waals surface area contributed by atoms with Crippen molar-refractivity contribution in [1.82, 2.24) is 0 Å². The van der Waals surface area contributed by atoms with Crippen LogP contribution in [0.15, 0.2) is 23.8 Å². The average molecular weight is 234 g/mol. The molecule has 94 valence electrons. The first kappa shape index (κ1) is 12.6. The van der Waals surface area contributed by atoms with Crippen molar-refractivity contribution in [2.45, 2.75) is 52.1 Å². The van der Waals surface area contributed by atoms with E-state index in [1.807, 2.05) is 13.8 Å². The average Bonchev–Trinajstić information content (AvgIpc) is 2.20. The minimum Gasteiger partial charge on any atom is -0.386 e. The highest BCUT2D eigenvalue weighted by atomic mass is 16.3. The van der Waals surface area contributed by atoms with Crippen molar-refractivity contribution in [3.63, 3.8) is 0 Å². The van der Waals surface area contributed by atoms with Gasteiger partial charge in [0.15, 0.2) is 5.78 Å². The second kappa shape index (κ2) is 3.81. The molecule has 0 spiro atoms. The molecular weight excluding hydrogens is 212 g/mol. The number of hydrogen-bond donors (Lipinski definition) is 1. The summed E-state index contributed by atoms with van der Waals surface area (Å²) in [5, 5.41) is 10.6. The van der Waals surface area contributed by atoms with Crippen LogP contribution in [-0.4, -0.2) is 16.5 Å². The molecule has 0 bridgehead atoms. The van der Waals surface area contributed by atoms with Crippen LogP contribution in [-0.2, 0) is 4.79 Å². The van der Waals surface area contributed by atoms with Gasteiger partial charge in [-0.25, -0.2) is 0 Å². The number of fused-ring (bicyclic) bond motifs is 1. The minimum atomic E-state index is -0.736. The van der Waals surface area contributed by atoms with Crippen LogP contribution in [0.2, 0.25) is 0 Å². The van der Waals surface area contributed by atoms with Crippen molar-refractivity contribution < 1.29 is 9.90 Å². The van der Waals surface area contributed by atoms with Gasteiger partial charge in [0.05, 0.1) is 5.60 Å². The summed E-state index contributed by atoms with van der Waals surface area (Å²) in [6.45, 7) is 10.0. The van der Waals surface area contributed by atoms with Crippen LogP contribution in [0.1, 0.15) is 46.5 Å². The predicted molar refractivity (Wildman–Crippen MR) is 68.6 cm³/mol. The van der Waals surface area contributed by atoms with E-state index in [1.165, 1.54) is 0 Å². The number of allylic oxidation sites excluding steroid dienone is 2. The van der Waals surface area contributed by atoms with Crippen LogP contribution in [0.5, 0.6) is 0 Å². The fraction of sp³-hybridized carbons (Fsp3) is 0.667. The molecule has 3 atom stereocenters. The molecule has 17 heavy (non-hydrogen) atoms. The molecule has 2 rings (SSSR count). The van der Waals surface area contributed by atoms with Crippen LogP contribution in [0.4, 0.5) is 0 Å². The van der Waals surface area contributed by atoms with E-state index in [2.05, 4.69) is 13.5 Å². The second-order valence-corrected chi connectivity index (χ2v) is 6.25. The lowest BCUT2D eigenvalue weighted by molar-refractivity contribution is -0.121. The molecule has 0 aromatic carbocycles. The fourth-order valence-corrected chi connectivity index (χ4v) is 3.47. The Morgan fingerprint density at radius 2 is 2.18 bits per heavy atom. The van der Waals surface area contributed by atoms with Gasteiger partial charge in [0.25, 0.3) is 0 Å². The standard InChI is InChI=1S/C15H22O2/c1-10(2)15(17)6-5-14(4)8-12(16)7-11(3)13(14)9-15/h7,13,17H,1,5-6,8-9H2,2-4H3/t13?,14-,15-/m1/s1. The van der Waals surface area contributed by atoms with Crippen LogP contribution in [0.3, 0.4) is 0 Å². The molecule has 1 N–H and O–H groups in total. The molecule has 2 heteroatoms. The molecule has 1 fully saturated rings. The van der Waals surface area contributed by atoms with Gasteiger partial charge >= 0.3 is 0 Å². The highest BCUT2D eigenvalue weighted by Crippen LogP contribution is 2.53. The van der Waals surface area contributed by atoms with Crippen molar-refractivity contribution in [2.75, 3.05) is 0 Å². The number of aliphatic hydroxyl groups is 1. The third-order valence-electron chi connectivity index (χ3n) is 4.80. The lowest BCUT2D eigenvalue weighted by atomic mass is 9.56. The van der Waals surface area contributed by atoms with E-state index < -0.39 is 5.60 Å². The third-order valence-corrected chi connectivity index (χ3v) is 4.80. The van der Waals surface area contributed by atoms with Gasteiger partial charge in [0.2, 0.25) is 0 Å². The molecule has 1 unspecified atom stereocenters. The first-order chi connectivity index (χ1) is 7.77. The molecule has 2 aliphatic rings. The van der Waals surface area contributed by atoms with Gasteiger partial charge in [-0.05, 0) is 56.1 Å². The van der Waals surface area contributed by atoms with E-state index in [9.17, 15) is 9.90 Å². The summed E-state index contributed by atoms with van der Waals surface area (Å²) < 4.78 is 0. The zero-order valence-electron chi connectivity index (χ0n) is 11.0. The maximum atomic E-state index is 11.7. The number of carbonyl (C=O) groups excluding carboxylic acids is 1. The van der Waals surface area contributed by atoms with E-state index in [-0.39, 0.29) is 11.2 Å². The lowest BCUT2D eigenvalue weighted by Gasteiger charge is -2.50. The molecule has 0 heterocycles. The summed E-state index contributed by atoms with van der Waals surface area (Å²) >= 11 is 0. The molecule has 1 saturated carbocycles. The predicted octanol–water partition coefficient (Wildman–Crippen LogP) is 3.02. The van der Waals surface area contributed by atoms with E-state index in [1.54, 1.807) is 6.08 Å². The normalized spacial score (nSPS) is 41.8. The summed E-state index contributed by atoms with van der Waals surface area (Å²) in [7, 11) is 0. The van der Waals surface area contributed by atoms with Crippen LogP contribution in [0, 0.1) is 11.3 Å². The maximum Gasteiger partial charge on any atom is 0.156 e. The van der Waals surface area contributed by atoms with Crippen LogP contribution < -0.4 is 0 Å². The zero-order chi connectivity index (χ0) is 12.8. The first-order valence-electron chi connectivity index (χ1n) is 6.36. The highest BCUT2D eigenvalue weighted by molar-refractivity contribution is 5.92. The van der Waals surface area contributed by atoms with Gasteiger partial charge in [-0.3, -0.25) is 4.79 Å². The molecule has 0 saturated heterocycles. The largest absolute Gasteiger partial charge is 0.386 e. The Morgan fingerprint density at radius 3 is 2.76 bits per heavy atom. The summed E-state index contributed by atoms with van der Waals surface area (Å²) in [5.74, 6) is 0.553. The SMILES string of the molecule is C=C(C)[C@@]1(O)CC[C@]2(C)CC(=O)C=C(C)C2C1. The van der Waals surface area contributed by atoms with E-state index in [0.717, 1.165) is 24.0 Å². The Balaban J connectivity index is 2.33. The lowest BCUT2D eigenvalue weighted by Crippen LogP contribution is -2.47. The maximum absolute atomic E-state index is 11.7. The van der Waals surface area contributed by atoms with Crippen LogP contribution in [0.25, 0.3) is 0 Å². The number of carbonyl (C=O) groups is 1. The minimum absolute atomic E-state index is 0.0393. The topological polar surface area (TPSA) is 37.3 Å². The molecule has 2 aliphatic carbocycles. The van der Waals surface area contributed by atoms with E-state index in [4.69, 9.17) is 0 Å². The molecule has 0 aromatic heterocycles. The quantitative estimate of drug-likeness (QED) is 0.708. The Labute approximate surface area is 103 Å². The zero-order valence-corrected chi connectivity index (χ0v) is 11.0. The summed E-state index contributed by atoms with van der Waals surface area (Å²) in [5.41, 5.74) is 1.28. The number of hydrogen-bond acceptors (Lipinski definition) is 2. The molecule has 0 aromatic rings.